The minimum Gasteiger partial charge on any atom is -0.497 e. The van der Waals surface area contributed by atoms with Crippen molar-refractivity contribution in [2.45, 2.75) is 37.3 Å². The molecule has 3 aromatic rings. The summed E-state index contributed by atoms with van der Waals surface area (Å²) >= 11 is 0. The summed E-state index contributed by atoms with van der Waals surface area (Å²) in [6, 6.07) is 12.8. The van der Waals surface area contributed by atoms with E-state index in [9.17, 15) is 18.0 Å². The lowest BCUT2D eigenvalue weighted by Crippen LogP contribution is -2.38. The van der Waals surface area contributed by atoms with Gasteiger partial charge in [0.25, 0.3) is 5.56 Å². The van der Waals surface area contributed by atoms with Gasteiger partial charge in [-0.3, -0.25) is 9.59 Å². The molecule has 1 N–H and O–H groups in total. The fourth-order valence-electron chi connectivity index (χ4n) is 3.93. The smallest absolute Gasteiger partial charge is 0.252 e. The summed E-state index contributed by atoms with van der Waals surface area (Å²) < 4.78 is 39.2. The minimum atomic E-state index is -3.94. The van der Waals surface area contributed by atoms with E-state index in [1.165, 1.54) is 35.5 Å². The maximum absolute atomic E-state index is 13.5. The van der Waals surface area contributed by atoms with Gasteiger partial charge in [-0.05, 0) is 55.5 Å². The van der Waals surface area contributed by atoms with Crippen LogP contribution in [0, 0.1) is 0 Å². The molecule has 9 heteroatoms. The largest absolute Gasteiger partial charge is 0.497 e. The monoisotopic (exact) mass is 470 g/mol. The van der Waals surface area contributed by atoms with Crippen LogP contribution in [0.15, 0.2) is 58.2 Å². The average Bonchev–Trinajstić information content (AvgIpc) is 3.32. The van der Waals surface area contributed by atoms with Gasteiger partial charge in [0.15, 0.2) is 5.78 Å². The highest BCUT2D eigenvalue weighted by Crippen LogP contribution is 2.24. The number of hydrogen-bond donors (Lipinski definition) is 1. The van der Waals surface area contributed by atoms with E-state index in [2.05, 4.69) is 4.98 Å². The summed E-state index contributed by atoms with van der Waals surface area (Å²) in [4.78, 5) is 27.3. The third kappa shape index (κ3) is 5.00. The first-order valence-electron chi connectivity index (χ1n) is 10.7. The summed E-state index contributed by atoms with van der Waals surface area (Å²) in [5, 5.41) is 0.769. The molecule has 1 atom stereocenters. The number of nitrogens with one attached hydrogen (secondary N) is 1. The molecule has 0 bridgehead atoms. The molecule has 0 amide bonds. The number of ketones is 1. The van der Waals surface area contributed by atoms with E-state index in [1.54, 1.807) is 25.3 Å². The Hall–Kier alpha value is -3.01. The molecule has 1 aliphatic heterocycles. The lowest BCUT2D eigenvalue weighted by Gasteiger charge is -2.25. The number of sulfonamides is 1. The number of nitrogens with zero attached hydrogens (tertiary/aromatic N) is 1. The van der Waals surface area contributed by atoms with Crippen LogP contribution < -0.4 is 10.3 Å². The van der Waals surface area contributed by atoms with Crippen LogP contribution in [0.1, 0.15) is 35.7 Å². The lowest BCUT2D eigenvalue weighted by molar-refractivity contribution is 0.0925. The molecule has 0 aliphatic carbocycles. The molecule has 1 saturated heterocycles. The van der Waals surface area contributed by atoms with Crippen molar-refractivity contribution in [3.8, 4) is 5.75 Å². The van der Waals surface area contributed by atoms with Gasteiger partial charge < -0.3 is 14.5 Å². The van der Waals surface area contributed by atoms with Gasteiger partial charge in [-0.25, -0.2) is 8.42 Å². The number of carbonyl (C=O) groups excluding carboxylic acids is 1. The Morgan fingerprint density at radius 1 is 1.18 bits per heavy atom. The van der Waals surface area contributed by atoms with E-state index < -0.39 is 10.0 Å². The van der Waals surface area contributed by atoms with E-state index in [4.69, 9.17) is 9.47 Å². The molecule has 0 saturated carbocycles. The van der Waals surface area contributed by atoms with Gasteiger partial charge in [-0.2, -0.15) is 4.31 Å². The number of carbonyl (C=O) groups is 1. The number of pyridine rings is 1. The van der Waals surface area contributed by atoms with Crippen molar-refractivity contribution in [3.05, 3.63) is 70.0 Å². The van der Waals surface area contributed by atoms with Gasteiger partial charge in [0, 0.05) is 36.9 Å². The van der Waals surface area contributed by atoms with E-state index in [1.807, 2.05) is 6.07 Å². The second kappa shape index (κ2) is 9.46. The lowest BCUT2D eigenvalue weighted by atomic mass is 10.1. The van der Waals surface area contributed by atoms with Crippen molar-refractivity contribution < 1.29 is 22.7 Å². The Labute approximate surface area is 192 Å². The van der Waals surface area contributed by atoms with Gasteiger partial charge >= 0.3 is 0 Å². The van der Waals surface area contributed by atoms with E-state index in [-0.39, 0.29) is 35.4 Å². The predicted molar refractivity (Wildman–Crippen MR) is 124 cm³/mol. The standard InChI is InChI=1S/C24H26N2O6S/c1-16(27)17-6-9-22(10-7-17)33(29,30)26(15-21-4-3-11-32-21)14-19-12-18-5-8-20(31-2)13-23(18)25-24(19)28/h5-10,12-13,21H,3-4,11,14-15H2,1-2H3,(H,25,28)/t21-/m0/s1. The van der Waals surface area contributed by atoms with Gasteiger partial charge in [-0.1, -0.05) is 12.1 Å². The molecule has 0 radical (unpaired) electrons. The number of aromatic nitrogens is 1. The number of Topliss-reactive ketones (excluding diaryl/α,β-unsaturated/α-hetero) is 1. The van der Waals surface area contributed by atoms with Gasteiger partial charge in [0.2, 0.25) is 10.0 Å². The first-order chi connectivity index (χ1) is 15.8. The Morgan fingerprint density at radius 3 is 2.58 bits per heavy atom. The fraction of sp³-hybridized carbons (Fsp3) is 0.333. The highest BCUT2D eigenvalue weighted by Gasteiger charge is 2.30. The van der Waals surface area contributed by atoms with Gasteiger partial charge in [0.05, 0.1) is 23.6 Å². The first-order valence-corrected chi connectivity index (χ1v) is 12.1. The molecule has 2 aromatic carbocycles. The van der Waals surface area contributed by atoms with Crippen molar-refractivity contribution in [1.29, 1.82) is 0 Å². The zero-order valence-corrected chi connectivity index (χ0v) is 19.4. The van der Waals surface area contributed by atoms with Crippen LogP contribution in [0.3, 0.4) is 0 Å². The predicted octanol–water partition coefficient (Wildman–Crippen LogP) is 3.11. The number of hydrogen-bond acceptors (Lipinski definition) is 6. The van der Waals surface area contributed by atoms with E-state index >= 15 is 0 Å². The number of benzene rings is 2. The summed E-state index contributed by atoms with van der Waals surface area (Å²) in [5.41, 5.74) is 1.00. The summed E-state index contributed by atoms with van der Waals surface area (Å²) in [5.74, 6) is 0.469. The molecule has 33 heavy (non-hydrogen) atoms. The van der Waals surface area contributed by atoms with E-state index in [0.717, 1.165) is 18.2 Å². The number of aromatic amines is 1. The third-order valence-electron chi connectivity index (χ3n) is 5.81. The van der Waals surface area contributed by atoms with Gasteiger partial charge in [0.1, 0.15) is 5.75 Å². The molecule has 4 rings (SSSR count). The Morgan fingerprint density at radius 2 is 1.94 bits per heavy atom. The van der Waals surface area contributed by atoms with Crippen LogP contribution in [0.2, 0.25) is 0 Å². The Kier molecular flexibility index (Phi) is 6.64. The first kappa shape index (κ1) is 23.2. The highest BCUT2D eigenvalue weighted by molar-refractivity contribution is 7.89. The second-order valence-electron chi connectivity index (χ2n) is 8.09. The summed E-state index contributed by atoms with van der Waals surface area (Å²) in [6.45, 7) is 2.05. The van der Waals surface area contributed by atoms with Crippen molar-refractivity contribution >= 4 is 26.7 Å². The number of fused-ring (bicyclic) bond motifs is 1. The van der Waals surface area contributed by atoms with Crippen molar-refractivity contribution in [2.24, 2.45) is 0 Å². The van der Waals surface area contributed by atoms with Crippen molar-refractivity contribution in [1.82, 2.24) is 9.29 Å². The quantitative estimate of drug-likeness (QED) is 0.507. The normalized spacial score (nSPS) is 16.4. The number of H-pyrrole nitrogens is 1. The molecule has 2 heterocycles. The molecular formula is C24H26N2O6S. The highest BCUT2D eigenvalue weighted by atomic mass is 32.2. The zero-order valence-electron chi connectivity index (χ0n) is 18.5. The molecule has 1 aliphatic rings. The SMILES string of the molecule is COc1ccc2cc(CN(C[C@@H]3CCCO3)S(=O)(=O)c3ccc(C(C)=O)cc3)c(=O)[nH]c2c1. The van der Waals surface area contributed by atoms with E-state index in [0.29, 0.717) is 29.0 Å². The molecule has 1 aromatic heterocycles. The maximum atomic E-state index is 13.5. The third-order valence-corrected chi connectivity index (χ3v) is 7.63. The summed E-state index contributed by atoms with van der Waals surface area (Å²) in [6.07, 6.45) is 1.38. The maximum Gasteiger partial charge on any atom is 0.252 e. The molecule has 8 nitrogen and oxygen atoms in total. The summed E-state index contributed by atoms with van der Waals surface area (Å²) in [7, 11) is -2.39. The molecule has 0 spiro atoms. The molecule has 0 unspecified atom stereocenters. The number of methoxy groups -OCH3 is 1. The fourth-order valence-corrected chi connectivity index (χ4v) is 5.38. The Bertz CT molecular complexity index is 1330. The van der Waals surface area contributed by atoms with Crippen molar-refractivity contribution in [2.75, 3.05) is 20.3 Å². The number of rotatable bonds is 8. The minimum absolute atomic E-state index is 0.0625. The zero-order chi connectivity index (χ0) is 23.6. The second-order valence-corrected chi connectivity index (χ2v) is 10.0. The molecule has 1 fully saturated rings. The molecule has 174 valence electrons. The number of ether oxygens (including phenoxy) is 2. The van der Waals surface area contributed by atoms with Crippen LogP contribution in [-0.2, 0) is 21.3 Å². The van der Waals surface area contributed by atoms with Crippen LogP contribution >= 0.6 is 0 Å². The average molecular weight is 471 g/mol. The molecular weight excluding hydrogens is 444 g/mol. The van der Waals surface area contributed by atoms with Crippen molar-refractivity contribution in [3.63, 3.8) is 0 Å². The van der Waals surface area contributed by atoms with Crippen LogP contribution in [-0.4, -0.2) is 49.9 Å². The van der Waals surface area contributed by atoms with Crippen LogP contribution in [0.5, 0.6) is 5.75 Å². The topological polar surface area (TPSA) is 106 Å². The van der Waals surface area contributed by atoms with Gasteiger partial charge in [-0.15, -0.1) is 0 Å². The van der Waals surface area contributed by atoms with Crippen LogP contribution in [0.25, 0.3) is 10.9 Å². The Balaban J connectivity index is 1.70. The van der Waals surface area contributed by atoms with Crippen LogP contribution in [0.4, 0.5) is 0 Å².